The highest BCUT2D eigenvalue weighted by Gasteiger charge is 2.29. The number of esters is 1. The number of piperidine rings is 1. The van der Waals surface area contributed by atoms with Gasteiger partial charge in [0, 0.05) is 28.8 Å². The van der Waals surface area contributed by atoms with Crippen LogP contribution < -0.4 is 5.32 Å². The Balaban J connectivity index is 1.44. The number of anilines is 1. The van der Waals surface area contributed by atoms with Gasteiger partial charge in [-0.3, -0.25) is 9.59 Å². The van der Waals surface area contributed by atoms with Crippen molar-refractivity contribution in [3.05, 3.63) is 64.6 Å². The van der Waals surface area contributed by atoms with Crippen molar-refractivity contribution in [1.82, 2.24) is 4.90 Å². The van der Waals surface area contributed by atoms with Gasteiger partial charge in [-0.05, 0) is 31.0 Å². The zero-order valence-corrected chi connectivity index (χ0v) is 16.9. The number of nitrogens with zero attached hydrogens (tertiary/aromatic N) is 1. The number of para-hydroxylation sites is 1. The Morgan fingerprint density at radius 1 is 1.00 bits per heavy atom. The van der Waals surface area contributed by atoms with Gasteiger partial charge in [-0.2, -0.15) is 0 Å². The summed E-state index contributed by atoms with van der Waals surface area (Å²) in [7, 11) is 0. The van der Waals surface area contributed by atoms with Gasteiger partial charge >= 0.3 is 12.0 Å². The van der Waals surface area contributed by atoms with E-state index in [0.717, 1.165) is 5.69 Å². The van der Waals surface area contributed by atoms with E-state index in [2.05, 4.69) is 21.2 Å². The lowest BCUT2D eigenvalue weighted by atomic mass is 9.97. The minimum Gasteiger partial charge on any atom is -0.457 e. The van der Waals surface area contributed by atoms with E-state index in [9.17, 15) is 14.4 Å². The molecule has 28 heavy (non-hydrogen) atoms. The third kappa shape index (κ3) is 5.19. The molecule has 0 radical (unpaired) electrons. The van der Waals surface area contributed by atoms with E-state index in [1.807, 2.05) is 36.4 Å². The van der Waals surface area contributed by atoms with Gasteiger partial charge in [0.15, 0.2) is 6.61 Å². The fraction of sp³-hybridized carbons (Fsp3) is 0.286. The highest BCUT2D eigenvalue weighted by Crippen LogP contribution is 2.21. The maximum Gasteiger partial charge on any atom is 0.321 e. The number of rotatable bonds is 5. The number of hydrogen-bond acceptors (Lipinski definition) is 4. The predicted molar refractivity (Wildman–Crippen MR) is 109 cm³/mol. The zero-order chi connectivity index (χ0) is 19.9. The molecule has 1 heterocycles. The lowest BCUT2D eigenvalue weighted by molar-refractivity contribution is -0.148. The first-order valence-corrected chi connectivity index (χ1v) is 9.89. The van der Waals surface area contributed by atoms with Gasteiger partial charge in [-0.25, -0.2) is 4.79 Å². The number of carbonyl (C=O) groups excluding carboxylic acids is 3. The number of hydrogen-bond donors (Lipinski definition) is 1. The topological polar surface area (TPSA) is 75.7 Å². The van der Waals surface area contributed by atoms with Crippen LogP contribution in [0.5, 0.6) is 0 Å². The quantitative estimate of drug-likeness (QED) is 0.555. The van der Waals surface area contributed by atoms with E-state index in [-0.39, 0.29) is 30.3 Å². The van der Waals surface area contributed by atoms with Gasteiger partial charge in [-0.15, -0.1) is 0 Å². The first-order chi connectivity index (χ1) is 13.5. The molecule has 1 N–H and O–H groups in total. The van der Waals surface area contributed by atoms with Crippen LogP contribution in [0.1, 0.15) is 23.2 Å². The molecule has 2 aromatic carbocycles. The Morgan fingerprint density at radius 2 is 1.64 bits per heavy atom. The smallest absolute Gasteiger partial charge is 0.321 e. The standard InChI is InChI=1S/C21H21BrN2O4/c22-18-9-5-4-8-17(18)19(25)14-28-20(26)15-10-12-24(13-11-15)21(27)23-16-6-2-1-3-7-16/h1-9,15H,10-14H2,(H,23,27). The normalized spacial score (nSPS) is 14.4. The van der Waals surface area contributed by atoms with Gasteiger partial charge in [0.2, 0.25) is 5.78 Å². The molecule has 0 bridgehead atoms. The van der Waals surface area contributed by atoms with Gasteiger partial charge in [0.1, 0.15) is 0 Å². The molecule has 2 amide bonds. The van der Waals surface area contributed by atoms with Gasteiger partial charge in [0.25, 0.3) is 0 Å². The molecular formula is C21H21BrN2O4. The monoisotopic (exact) mass is 444 g/mol. The van der Waals surface area contributed by atoms with E-state index in [4.69, 9.17) is 4.74 Å². The van der Waals surface area contributed by atoms with Gasteiger partial charge in [-0.1, -0.05) is 52.3 Å². The molecule has 6 nitrogen and oxygen atoms in total. The van der Waals surface area contributed by atoms with Crippen molar-refractivity contribution in [2.24, 2.45) is 5.92 Å². The maximum absolute atomic E-state index is 12.3. The molecule has 1 aliphatic rings. The summed E-state index contributed by atoms with van der Waals surface area (Å²) in [6.45, 7) is 0.656. The number of likely N-dealkylation sites (tertiary alicyclic amines) is 1. The SMILES string of the molecule is O=C(COC(=O)C1CCN(C(=O)Nc2ccccc2)CC1)c1ccccc1Br. The Kier molecular flexibility index (Phi) is 6.81. The van der Waals surface area contributed by atoms with Crippen molar-refractivity contribution in [2.45, 2.75) is 12.8 Å². The van der Waals surface area contributed by atoms with Crippen LogP contribution in [-0.2, 0) is 9.53 Å². The van der Waals surface area contributed by atoms with Crippen LogP contribution in [0.3, 0.4) is 0 Å². The van der Waals surface area contributed by atoms with Crippen molar-refractivity contribution < 1.29 is 19.1 Å². The molecule has 1 aliphatic heterocycles. The molecule has 0 aromatic heterocycles. The highest BCUT2D eigenvalue weighted by molar-refractivity contribution is 9.10. The van der Waals surface area contributed by atoms with Crippen LogP contribution >= 0.6 is 15.9 Å². The Hall–Kier alpha value is -2.67. The number of benzene rings is 2. The molecule has 0 unspecified atom stereocenters. The zero-order valence-electron chi connectivity index (χ0n) is 15.3. The van der Waals surface area contributed by atoms with Gasteiger partial charge in [0.05, 0.1) is 5.92 Å². The first-order valence-electron chi connectivity index (χ1n) is 9.10. The molecule has 146 valence electrons. The van der Waals surface area contributed by atoms with E-state index >= 15 is 0 Å². The average molecular weight is 445 g/mol. The summed E-state index contributed by atoms with van der Waals surface area (Å²) in [4.78, 5) is 38.5. The van der Waals surface area contributed by atoms with E-state index in [0.29, 0.717) is 36.0 Å². The second kappa shape index (κ2) is 9.50. The molecule has 0 saturated carbocycles. The van der Waals surface area contributed by atoms with Crippen molar-refractivity contribution >= 4 is 39.4 Å². The van der Waals surface area contributed by atoms with Crippen molar-refractivity contribution in [3.63, 3.8) is 0 Å². The summed E-state index contributed by atoms with van der Waals surface area (Å²) in [6, 6.07) is 16.1. The Bertz CT molecular complexity index is 848. The van der Waals surface area contributed by atoms with Crippen LogP contribution in [0, 0.1) is 5.92 Å². The molecule has 1 fully saturated rings. The molecule has 2 aromatic rings. The van der Waals surface area contributed by atoms with Crippen LogP contribution in [-0.4, -0.2) is 42.4 Å². The van der Waals surface area contributed by atoms with Crippen molar-refractivity contribution in [1.29, 1.82) is 0 Å². The minimum atomic E-state index is -0.386. The molecular weight excluding hydrogens is 424 g/mol. The number of nitrogens with one attached hydrogen (secondary N) is 1. The molecule has 0 aliphatic carbocycles. The Labute approximate surface area is 172 Å². The lowest BCUT2D eigenvalue weighted by Gasteiger charge is -2.30. The van der Waals surface area contributed by atoms with Crippen LogP contribution in [0.2, 0.25) is 0 Å². The average Bonchev–Trinajstić information content (AvgIpc) is 2.73. The van der Waals surface area contributed by atoms with E-state index in [1.165, 1.54) is 0 Å². The number of amides is 2. The highest BCUT2D eigenvalue weighted by atomic mass is 79.9. The molecule has 0 spiro atoms. The molecule has 7 heteroatoms. The van der Waals surface area contributed by atoms with E-state index < -0.39 is 0 Å². The van der Waals surface area contributed by atoms with E-state index in [1.54, 1.807) is 23.1 Å². The number of carbonyl (C=O) groups is 3. The fourth-order valence-corrected chi connectivity index (χ4v) is 3.57. The first kappa shape index (κ1) is 20.1. The summed E-state index contributed by atoms with van der Waals surface area (Å²) in [5, 5.41) is 2.84. The van der Waals surface area contributed by atoms with Crippen LogP contribution in [0.4, 0.5) is 10.5 Å². The minimum absolute atomic E-state index is 0.179. The summed E-state index contributed by atoms with van der Waals surface area (Å²) in [5.74, 6) is -0.934. The number of urea groups is 1. The lowest BCUT2D eigenvalue weighted by Crippen LogP contribution is -2.42. The predicted octanol–water partition coefficient (Wildman–Crippen LogP) is 4.12. The second-order valence-electron chi connectivity index (χ2n) is 6.57. The largest absolute Gasteiger partial charge is 0.457 e. The molecule has 0 atom stereocenters. The fourth-order valence-electron chi connectivity index (χ4n) is 3.06. The third-order valence-electron chi connectivity index (χ3n) is 4.66. The Morgan fingerprint density at radius 3 is 2.32 bits per heavy atom. The van der Waals surface area contributed by atoms with Crippen LogP contribution in [0.25, 0.3) is 0 Å². The summed E-state index contributed by atoms with van der Waals surface area (Å²) in [5.41, 5.74) is 1.22. The number of halogens is 1. The number of ketones is 1. The molecule has 3 rings (SSSR count). The third-order valence-corrected chi connectivity index (χ3v) is 5.35. The maximum atomic E-state index is 12.3. The molecule has 1 saturated heterocycles. The van der Waals surface area contributed by atoms with Crippen molar-refractivity contribution in [2.75, 3.05) is 25.0 Å². The number of ether oxygens (including phenoxy) is 1. The summed E-state index contributed by atoms with van der Waals surface area (Å²) >= 11 is 3.32. The van der Waals surface area contributed by atoms with Gasteiger partial charge < -0.3 is 15.0 Å². The summed E-state index contributed by atoms with van der Waals surface area (Å²) in [6.07, 6.45) is 1.04. The second-order valence-corrected chi connectivity index (χ2v) is 7.42. The van der Waals surface area contributed by atoms with Crippen LogP contribution in [0.15, 0.2) is 59.1 Å². The summed E-state index contributed by atoms with van der Waals surface area (Å²) < 4.78 is 5.89. The number of Topliss-reactive ketones (excluding diaryl/α,β-unsaturated/α-hetero) is 1. The van der Waals surface area contributed by atoms with Crippen molar-refractivity contribution in [3.8, 4) is 0 Å².